The number of fused-ring (bicyclic) bond motifs is 3. The number of ether oxygens (including phenoxy) is 1. The van der Waals surface area contributed by atoms with Crippen LogP contribution in [-0.2, 0) is 9.53 Å². The van der Waals surface area contributed by atoms with E-state index >= 15 is 0 Å². The largest absolute Gasteiger partial charge is 0.481 e. The van der Waals surface area contributed by atoms with E-state index in [4.69, 9.17) is 4.74 Å². The number of halogens is 1. The number of benzene rings is 2. The lowest BCUT2D eigenvalue weighted by Crippen LogP contribution is -2.31. The molecule has 2 N–H and O–H groups in total. The van der Waals surface area contributed by atoms with Gasteiger partial charge in [-0.25, -0.2) is 4.79 Å². The van der Waals surface area contributed by atoms with E-state index in [1.807, 2.05) is 30.3 Å². The number of hydrogen-bond donors (Lipinski definition) is 2. The van der Waals surface area contributed by atoms with Crippen molar-refractivity contribution in [2.75, 3.05) is 6.61 Å². The van der Waals surface area contributed by atoms with Crippen LogP contribution in [0.15, 0.2) is 64.5 Å². The molecule has 0 saturated heterocycles. The van der Waals surface area contributed by atoms with Gasteiger partial charge in [0.25, 0.3) is 0 Å². The Morgan fingerprint density at radius 2 is 1.66 bits per heavy atom. The van der Waals surface area contributed by atoms with E-state index in [9.17, 15) is 14.7 Å². The molecule has 0 saturated carbocycles. The highest BCUT2D eigenvalue weighted by Gasteiger charge is 2.29. The summed E-state index contributed by atoms with van der Waals surface area (Å²) in [4.78, 5) is 24.4. The molecule has 2 aromatic carbocycles. The predicted molar refractivity (Wildman–Crippen MR) is 115 cm³/mol. The fourth-order valence-corrected chi connectivity index (χ4v) is 5.17. The van der Waals surface area contributed by atoms with Gasteiger partial charge in [0.2, 0.25) is 0 Å². The van der Waals surface area contributed by atoms with Crippen LogP contribution in [0.25, 0.3) is 11.1 Å². The monoisotopic (exact) mass is 471 g/mol. The summed E-state index contributed by atoms with van der Waals surface area (Å²) in [5.74, 6) is -1.03. The molecule has 4 rings (SSSR count). The van der Waals surface area contributed by atoms with Gasteiger partial charge in [0.15, 0.2) is 0 Å². The number of carboxylic acid groups (broad SMARTS) is 1. The van der Waals surface area contributed by atoms with Crippen LogP contribution >= 0.6 is 27.3 Å². The highest BCUT2D eigenvalue weighted by Crippen LogP contribution is 2.44. The first-order valence-corrected chi connectivity index (χ1v) is 10.7. The van der Waals surface area contributed by atoms with Crippen molar-refractivity contribution in [2.24, 2.45) is 0 Å². The van der Waals surface area contributed by atoms with E-state index in [1.165, 1.54) is 11.3 Å². The van der Waals surface area contributed by atoms with Crippen LogP contribution in [-0.4, -0.2) is 23.8 Å². The smallest absolute Gasteiger partial charge is 0.407 e. The third kappa shape index (κ3) is 4.21. The van der Waals surface area contributed by atoms with Crippen molar-refractivity contribution >= 4 is 39.3 Å². The molecule has 1 atom stereocenters. The van der Waals surface area contributed by atoms with Crippen LogP contribution in [0.3, 0.4) is 0 Å². The first kappa shape index (κ1) is 19.7. The summed E-state index contributed by atoms with van der Waals surface area (Å²) in [6.45, 7) is 0.188. The summed E-state index contributed by atoms with van der Waals surface area (Å²) < 4.78 is 6.40. The molecule has 0 aliphatic heterocycles. The number of carbonyl (C=O) groups excluding carboxylic acids is 1. The van der Waals surface area contributed by atoms with Crippen LogP contribution in [0.2, 0.25) is 0 Å². The van der Waals surface area contributed by atoms with E-state index < -0.39 is 18.1 Å². The molecule has 1 unspecified atom stereocenters. The number of thiophene rings is 1. The van der Waals surface area contributed by atoms with Gasteiger partial charge in [-0.05, 0) is 50.3 Å². The summed E-state index contributed by atoms with van der Waals surface area (Å²) in [7, 11) is 0. The van der Waals surface area contributed by atoms with Crippen LogP contribution in [0.1, 0.15) is 34.4 Å². The standard InChI is InChI=1S/C22H18BrNO4S/c23-20-10-9-19(29-20)18(11-21(25)26)24-22(27)28-12-17-15-7-3-1-5-13(15)14-6-2-4-8-16(14)17/h1-10,17-18H,11-12H2,(H,24,27)(H,25,26). The second-order valence-corrected chi connectivity index (χ2v) is 9.26. The molecule has 0 spiro atoms. The zero-order valence-corrected chi connectivity index (χ0v) is 17.7. The number of aliphatic carboxylic acids is 1. The Kier molecular flexibility index (Phi) is 5.69. The number of nitrogens with one attached hydrogen (secondary N) is 1. The summed E-state index contributed by atoms with van der Waals surface area (Å²) in [5.41, 5.74) is 4.57. The van der Waals surface area contributed by atoms with Crippen molar-refractivity contribution in [3.05, 3.63) is 80.5 Å². The van der Waals surface area contributed by atoms with Crippen molar-refractivity contribution in [3.63, 3.8) is 0 Å². The quantitative estimate of drug-likeness (QED) is 0.492. The predicted octanol–water partition coefficient (Wildman–Crippen LogP) is 5.57. The minimum atomic E-state index is -0.988. The number of carbonyl (C=O) groups is 2. The third-order valence-corrected chi connectivity index (χ3v) is 6.69. The summed E-state index contributed by atoms with van der Waals surface area (Å²) in [5, 5.41) is 11.9. The number of rotatable bonds is 6. The first-order valence-electron chi connectivity index (χ1n) is 9.11. The molecule has 7 heteroatoms. The molecule has 5 nitrogen and oxygen atoms in total. The fourth-order valence-electron chi connectivity index (χ4n) is 3.70. The van der Waals surface area contributed by atoms with Gasteiger partial charge >= 0.3 is 12.1 Å². The minimum Gasteiger partial charge on any atom is -0.481 e. The fraction of sp³-hybridized carbons (Fsp3) is 0.182. The van der Waals surface area contributed by atoms with Crippen molar-refractivity contribution in [3.8, 4) is 11.1 Å². The van der Waals surface area contributed by atoms with Crippen molar-refractivity contribution in [1.29, 1.82) is 0 Å². The molecular formula is C22H18BrNO4S. The van der Waals surface area contributed by atoms with Crippen molar-refractivity contribution < 1.29 is 19.4 Å². The third-order valence-electron chi connectivity index (χ3n) is 4.95. The Balaban J connectivity index is 1.47. The van der Waals surface area contributed by atoms with E-state index in [1.54, 1.807) is 6.07 Å². The zero-order chi connectivity index (χ0) is 20.4. The van der Waals surface area contributed by atoms with Crippen LogP contribution < -0.4 is 5.32 Å². The zero-order valence-electron chi connectivity index (χ0n) is 15.3. The molecule has 1 aliphatic rings. The SMILES string of the molecule is O=C(O)CC(NC(=O)OCC1c2ccccc2-c2ccccc21)c1ccc(Br)s1. The maximum atomic E-state index is 12.5. The normalized spacial score (nSPS) is 13.4. The molecule has 148 valence electrons. The Morgan fingerprint density at radius 1 is 1.03 bits per heavy atom. The number of hydrogen-bond acceptors (Lipinski definition) is 4. The molecule has 1 heterocycles. The van der Waals surface area contributed by atoms with Gasteiger partial charge in [0, 0.05) is 10.8 Å². The molecule has 0 bridgehead atoms. The van der Waals surface area contributed by atoms with E-state index in [2.05, 4.69) is 45.5 Å². The Hall–Kier alpha value is -2.64. The van der Waals surface area contributed by atoms with Crippen LogP contribution in [0, 0.1) is 0 Å². The number of carboxylic acids is 1. The van der Waals surface area contributed by atoms with Gasteiger partial charge < -0.3 is 15.2 Å². The van der Waals surface area contributed by atoms with E-state index in [0.717, 1.165) is 30.9 Å². The van der Waals surface area contributed by atoms with Gasteiger partial charge in [-0.1, -0.05) is 48.5 Å². The van der Waals surface area contributed by atoms with Gasteiger partial charge in [-0.2, -0.15) is 0 Å². The molecule has 29 heavy (non-hydrogen) atoms. The molecule has 3 aromatic rings. The number of alkyl carbamates (subject to hydrolysis) is 1. The van der Waals surface area contributed by atoms with Crippen molar-refractivity contribution in [2.45, 2.75) is 18.4 Å². The highest BCUT2D eigenvalue weighted by atomic mass is 79.9. The Bertz CT molecular complexity index is 1020. The van der Waals surface area contributed by atoms with Crippen molar-refractivity contribution in [1.82, 2.24) is 5.32 Å². The molecule has 0 radical (unpaired) electrons. The average Bonchev–Trinajstić information content (AvgIpc) is 3.27. The highest BCUT2D eigenvalue weighted by molar-refractivity contribution is 9.11. The summed E-state index contributed by atoms with van der Waals surface area (Å²) >= 11 is 4.75. The second kappa shape index (κ2) is 8.39. The lowest BCUT2D eigenvalue weighted by molar-refractivity contribution is -0.137. The Labute approximate surface area is 180 Å². The summed E-state index contributed by atoms with van der Waals surface area (Å²) in [6.07, 6.45) is -0.834. The lowest BCUT2D eigenvalue weighted by Gasteiger charge is -2.18. The molecule has 1 aromatic heterocycles. The molecule has 0 fully saturated rings. The average molecular weight is 472 g/mol. The van der Waals surface area contributed by atoms with E-state index in [-0.39, 0.29) is 18.9 Å². The molecular weight excluding hydrogens is 454 g/mol. The first-order chi connectivity index (χ1) is 14.0. The van der Waals surface area contributed by atoms with Gasteiger partial charge in [0.1, 0.15) is 6.61 Å². The lowest BCUT2D eigenvalue weighted by atomic mass is 9.98. The van der Waals surface area contributed by atoms with Crippen LogP contribution in [0.4, 0.5) is 4.79 Å². The van der Waals surface area contributed by atoms with Crippen LogP contribution in [0.5, 0.6) is 0 Å². The minimum absolute atomic E-state index is 0.0399. The van der Waals surface area contributed by atoms with E-state index in [0.29, 0.717) is 0 Å². The molecule has 1 amide bonds. The number of amides is 1. The maximum Gasteiger partial charge on any atom is 0.407 e. The second-order valence-electron chi connectivity index (χ2n) is 6.76. The molecule has 1 aliphatic carbocycles. The topological polar surface area (TPSA) is 75.6 Å². The van der Waals surface area contributed by atoms with Gasteiger partial charge in [-0.15, -0.1) is 11.3 Å². The Morgan fingerprint density at radius 3 is 2.21 bits per heavy atom. The maximum absolute atomic E-state index is 12.5. The summed E-state index contributed by atoms with van der Waals surface area (Å²) in [6, 6.07) is 19.2. The van der Waals surface area contributed by atoms with Gasteiger partial charge in [0.05, 0.1) is 16.2 Å². The van der Waals surface area contributed by atoms with Gasteiger partial charge in [-0.3, -0.25) is 4.79 Å².